The topological polar surface area (TPSA) is 65.4 Å². The zero-order chi connectivity index (χ0) is 22.3. The number of hydrogen-bond acceptors (Lipinski definition) is 4. The molecule has 1 aromatic heterocycles. The fraction of sp³-hybridized carbons (Fsp3) is 0.154. The van der Waals surface area contributed by atoms with Crippen LogP contribution in [0, 0.1) is 6.92 Å². The van der Waals surface area contributed by atoms with Crippen molar-refractivity contribution in [2.24, 2.45) is 0 Å². The number of nitrogens with zero attached hydrogens (tertiary/aromatic N) is 2. The van der Waals surface area contributed by atoms with Crippen molar-refractivity contribution in [3.63, 3.8) is 0 Å². The molecule has 0 radical (unpaired) electrons. The molecule has 0 saturated heterocycles. The van der Waals surface area contributed by atoms with Crippen molar-refractivity contribution in [1.82, 2.24) is 9.78 Å². The van der Waals surface area contributed by atoms with Crippen molar-refractivity contribution in [2.45, 2.75) is 20.1 Å². The van der Waals surface area contributed by atoms with Gasteiger partial charge < -0.3 is 14.8 Å². The molecule has 1 amide bonds. The van der Waals surface area contributed by atoms with Gasteiger partial charge in [0.2, 0.25) is 0 Å². The third-order valence-electron chi connectivity index (χ3n) is 5.16. The summed E-state index contributed by atoms with van der Waals surface area (Å²) in [6.07, 6.45) is 1.86. The highest BCUT2D eigenvalue weighted by Crippen LogP contribution is 2.18. The second kappa shape index (κ2) is 9.83. The van der Waals surface area contributed by atoms with Gasteiger partial charge >= 0.3 is 0 Å². The van der Waals surface area contributed by atoms with E-state index in [1.165, 1.54) is 11.1 Å². The Balaban J connectivity index is 1.32. The second-order valence-electron chi connectivity index (χ2n) is 7.44. The number of hydrogen-bond donors (Lipinski definition) is 1. The van der Waals surface area contributed by atoms with Crippen molar-refractivity contribution >= 4 is 11.7 Å². The van der Waals surface area contributed by atoms with Gasteiger partial charge in [0, 0.05) is 17.8 Å². The van der Waals surface area contributed by atoms with Gasteiger partial charge in [0.25, 0.3) is 5.91 Å². The van der Waals surface area contributed by atoms with Gasteiger partial charge in [0.05, 0.1) is 13.7 Å². The molecule has 3 aromatic carbocycles. The monoisotopic (exact) mass is 427 g/mol. The maximum Gasteiger partial charge on any atom is 0.256 e. The lowest BCUT2D eigenvalue weighted by Crippen LogP contribution is -2.13. The molecule has 0 atom stereocenters. The molecule has 4 aromatic rings. The molecule has 1 N–H and O–H groups in total. The molecule has 0 aliphatic carbocycles. The van der Waals surface area contributed by atoms with Gasteiger partial charge in [-0.3, -0.25) is 9.48 Å². The molecular weight excluding hydrogens is 402 g/mol. The molecule has 0 bridgehead atoms. The summed E-state index contributed by atoms with van der Waals surface area (Å²) in [5.41, 5.74) is 3.94. The number of methoxy groups -OCH3 is 1. The minimum atomic E-state index is -0.200. The van der Waals surface area contributed by atoms with Gasteiger partial charge in [0.15, 0.2) is 5.82 Å². The highest BCUT2D eigenvalue weighted by Gasteiger charge is 2.09. The van der Waals surface area contributed by atoms with Crippen molar-refractivity contribution < 1.29 is 14.3 Å². The maximum atomic E-state index is 12.6. The van der Waals surface area contributed by atoms with Crippen LogP contribution in [0.3, 0.4) is 0 Å². The first-order chi connectivity index (χ1) is 15.6. The third-order valence-corrected chi connectivity index (χ3v) is 5.16. The van der Waals surface area contributed by atoms with Crippen LogP contribution in [-0.2, 0) is 13.2 Å². The molecule has 162 valence electrons. The standard InChI is InChI=1S/C26H25N3O3/c1-19-5-3-4-6-22(19)17-29-16-15-25(28-29)27-26(30)21-9-7-20(8-10-21)18-32-24-13-11-23(31-2)12-14-24/h3-16H,17-18H2,1-2H3,(H,27,28,30). The second-order valence-corrected chi connectivity index (χ2v) is 7.44. The number of amides is 1. The average molecular weight is 428 g/mol. The molecule has 4 rings (SSSR count). The van der Waals surface area contributed by atoms with E-state index < -0.39 is 0 Å². The first-order valence-electron chi connectivity index (χ1n) is 10.4. The number of carbonyl (C=O) groups is 1. The molecule has 0 fully saturated rings. The Kier molecular flexibility index (Phi) is 6.51. The van der Waals surface area contributed by atoms with Gasteiger partial charge in [-0.05, 0) is 60.0 Å². The summed E-state index contributed by atoms with van der Waals surface area (Å²) in [5, 5.41) is 7.31. The smallest absolute Gasteiger partial charge is 0.256 e. The van der Waals surface area contributed by atoms with Crippen LogP contribution in [0.2, 0.25) is 0 Å². The Hall–Kier alpha value is -4.06. The summed E-state index contributed by atoms with van der Waals surface area (Å²) >= 11 is 0. The van der Waals surface area contributed by atoms with Crippen LogP contribution in [0.4, 0.5) is 5.82 Å². The maximum absolute atomic E-state index is 12.6. The lowest BCUT2D eigenvalue weighted by atomic mass is 10.1. The first kappa shape index (κ1) is 21.2. The van der Waals surface area contributed by atoms with Crippen LogP contribution in [-0.4, -0.2) is 22.8 Å². The number of nitrogens with one attached hydrogen (secondary N) is 1. The van der Waals surface area contributed by atoms with Crippen LogP contribution in [0.15, 0.2) is 85.1 Å². The van der Waals surface area contributed by atoms with Crippen molar-refractivity contribution in [2.75, 3.05) is 12.4 Å². The number of ether oxygens (including phenoxy) is 2. The molecular formula is C26H25N3O3. The number of rotatable bonds is 8. The van der Waals surface area contributed by atoms with Gasteiger partial charge in [-0.1, -0.05) is 36.4 Å². The van der Waals surface area contributed by atoms with Gasteiger partial charge in [-0.25, -0.2) is 0 Å². The lowest BCUT2D eigenvalue weighted by molar-refractivity contribution is 0.102. The number of aromatic nitrogens is 2. The molecule has 32 heavy (non-hydrogen) atoms. The fourth-order valence-electron chi connectivity index (χ4n) is 3.26. The van der Waals surface area contributed by atoms with Gasteiger partial charge in [0.1, 0.15) is 18.1 Å². The normalized spacial score (nSPS) is 10.6. The highest BCUT2D eigenvalue weighted by atomic mass is 16.5. The molecule has 6 heteroatoms. The van der Waals surface area contributed by atoms with Crippen LogP contribution in [0.5, 0.6) is 11.5 Å². The number of anilines is 1. The van der Waals surface area contributed by atoms with Crippen LogP contribution in [0.25, 0.3) is 0 Å². The SMILES string of the molecule is COc1ccc(OCc2ccc(C(=O)Nc3ccn(Cc4ccccc4C)n3)cc2)cc1. The molecule has 1 heterocycles. The van der Waals surface area contributed by atoms with Gasteiger partial charge in [-0.2, -0.15) is 5.10 Å². The molecule has 0 unspecified atom stereocenters. The van der Waals surface area contributed by atoms with E-state index in [0.717, 1.165) is 17.1 Å². The first-order valence-corrected chi connectivity index (χ1v) is 10.4. The Morgan fingerprint density at radius 2 is 1.66 bits per heavy atom. The summed E-state index contributed by atoms with van der Waals surface area (Å²) in [7, 11) is 1.63. The Labute approximate surface area is 187 Å². The van der Waals surface area contributed by atoms with E-state index in [4.69, 9.17) is 9.47 Å². The fourth-order valence-corrected chi connectivity index (χ4v) is 3.26. The summed E-state index contributed by atoms with van der Waals surface area (Å²) in [6.45, 7) is 3.15. The predicted molar refractivity (Wildman–Crippen MR) is 124 cm³/mol. The molecule has 0 saturated carbocycles. The molecule has 0 aliphatic heterocycles. The van der Waals surface area contributed by atoms with Crippen molar-refractivity contribution in [3.05, 3.63) is 107 Å². The largest absolute Gasteiger partial charge is 0.497 e. The molecule has 0 spiro atoms. The lowest BCUT2D eigenvalue weighted by Gasteiger charge is -2.08. The minimum absolute atomic E-state index is 0.200. The van der Waals surface area contributed by atoms with E-state index in [0.29, 0.717) is 24.5 Å². The Morgan fingerprint density at radius 3 is 2.38 bits per heavy atom. The number of benzene rings is 3. The van der Waals surface area contributed by atoms with E-state index in [1.807, 2.05) is 59.4 Å². The van der Waals surface area contributed by atoms with Crippen molar-refractivity contribution in [1.29, 1.82) is 0 Å². The van der Waals surface area contributed by atoms with E-state index in [9.17, 15) is 4.79 Å². The summed E-state index contributed by atoms with van der Waals surface area (Å²) < 4.78 is 12.7. The van der Waals surface area contributed by atoms with Crippen LogP contribution in [0.1, 0.15) is 27.0 Å². The highest BCUT2D eigenvalue weighted by molar-refractivity contribution is 6.03. The quantitative estimate of drug-likeness (QED) is 0.426. The minimum Gasteiger partial charge on any atom is -0.497 e. The Morgan fingerprint density at radius 1 is 0.938 bits per heavy atom. The summed E-state index contributed by atoms with van der Waals surface area (Å²) in [6, 6.07) is 24.7. The summed E-state index contributed by atoms with van der Waals surface area (Å²) in [5.74, 6) is 1.87. The van der Waals surface area contributed by atoms with E-state index in [1.54, 1.807) is 25.3 Å². The summed E-state index contributed by atoms with van der Waals surface area (Å²) in [4.78, 5) is 12.6. The van der Waals surface area contributed by atoms with E-state index in [2.05, 4.69) is 29.5 Å². The Bertz CT molecular complexity index is 1180. The van der Waals surface area contributed by atoms with Gasteiger partial charge in [-0.15, -0.1) is 0 Å². The zero-order valence-electron chi connectivity index (χ0n) is 18.1. The number of carbonyl (C=O) groups excluding carboxylic acids is 1. The molecule has 6 nitrogen and oxygen atoms in total. The van der Waals surface area contributed by atoms with Crippen molar-refractivity contribution in [3.8, 4) is 11.5 Å². The van der Waals surface area contributed by atoms with Crippen LogP contribution >= 0.6 is 0 Å². The zero-order valence-corrected chi connectivity index (χ0v) is 18.1. The predicted octanol–water partition coefficient (Wildman–Crippen LogP) is 5.08. The average Bonchev–Trinajstić information content (AvgIpc) is 3.26. The molecule has 0 aliphatic rings. The van der Waals surface area contributed by atoms with E-state index >= 15 is 0 Å². The number of aryl methyl sites for hydroxylation is 1. The van der Waals surface area contributed by atoms with Crippen LogP contribution < -0.4 is 14.8 Å². The third kappa shape index (κ3) is 5.35. The van der Waals surface area contributed by atoms with E-state index in [-0.39, 0.29) is 5.91 Å².